The molecule has 2 aliphatic heterocycles. The van der Waals surface area contributed by atoms with Crippen molar-refractivity contribution in [2.24, 2.45) is 0 Å². The molecule has 0 amide bonds. The Labute approximate surface area is 176 Å². The van der Waals surface area contributed by atoms with Crippen LogP contribution in [0.1, 0.15) is 22.8 Å². The maximum absolute atomic E-state index is 4.70. The van der Waals surface area contributed by atoms with E-state index in [4.69, 9.17) is 9.97 Å². The number of fused-ring (bicyclic) bond motifs is 8. The Hall–Kier alpha value is -1.94. The summed E-state index contributed by atoms with van der Waals surface area (Å²) >= 11 is 4.76. The van der Waals surface area contributed by atoms with E-state index in [9.17, 15) is 0 Å². The van der Waals surface area contributed by atoms with E-state index in [2.05, 4.69) is 79.4 Å². The van der Waals surface area contributed by atoms with Crippen molar-refractivity contribution in [2.45, 2.75) is 0 Å². The van der Waals surface area contributed by atoms with E-state index in [1.807, 2.05) is 36.4 Å². The Balaban J connectivity index is 1.89. The highest BCUT2D eigenvalue weighted by Gasteiger charge is 2.08. The normalized spacial score (nSPS) is 12.7. The molecule has 2 N–H and O–H groups in total. The van der Waals surface area contributed by atoms with Crippen molar-refractivity contribution in [3.8, 4) is 0 Å². The molecule has 0 aromatic carbocycles. The zero-order chi connectivity index (χ0) is 17.7. The summed E-state index contributed by atoms with van der Waals surface area (Å²) < 4.78 is 2.39. The molecule has 3 aromatic heterocycles. The van der Waals surface area contributed by atoms with E-state index in [0.29, 0.717) is 0 Å². The zero-order valence-electron chi connectivity index (χ0n) is 13.4. The predicted octanol–water partition coefficient (Wildman–Crippen LogP) is 5.86. The van der Waals surface area contributed by atoms with Gasteiger partial charge in [0.05, 0.1) is 40.9 Å². The maximum Gasteiger partial charge on any atom is 0.0658 e. The fraction of sp³-hybridized carbons (Fsp3) is 0. The van der Waals surface area contributed by atoms with Gasteiger partial charge >= 0.3 is 0 Å². The molecule has 8 bridgehead atoms. The Morgan fingerprint density at radius 3 is 1.46 bits per heavy atom. The molecule has 6 heteroatoms. The highest BCUT2D eigenvalue weighted by Crippen LogP contribution is 2.26. The third kappa shape index (κ3) is 3.01. The summed E-state index contributed by atoms with van der Waals surface area (Å²) in [4.78, 5) is 16.3. The molecule has 26 heavy (non-hydrogen) atoms. The number of H-pyrrole nitrogens is 2. The third-order valence-electron chi connectivity index (χ3n) is 4.22. The van der Waals surface area contributed by atoms with Gasteiger partial charge in [0.25, 0.3) is 0 Å². The van der Waals surface area contributed by atoms with Gasteiger partial charge in [0.1, 0.15) is 0 Å². The number of nitrogens with zero attached hydrogens (tertiary/aromatic N) is 2. The molecule has 3 aromatic rings. The van der Waals surface area contributed by atoms with Crippen molar-refractivity contribution < 1.29 is 0 Å². The van der Waals surface area contributed by atoms with Gasteiger partial charge in [0.15, 0.2) is 0 Å². The van der Waals surface area contributed by atoms with Crippen molar-refractivity contribution in [3.63, 3.8) is 0 Å². The standard InChI is InChI=1S/C20H12I2N4/c21-19-17-9-15-5-3-13(24-15)7-11-1-2-12(23-11)8-14-4-6-16(25-14)10-18(26-17)20(19)22/h1-10,23,26H. The molecule has 0 unspecified atom stereocenters. The number of nitrogens with one attached hydrogen (secondary N) is 2. The van der Waals surface area contributed by atoms with Gasteiger partial charge in [-0.1, -0.05) is 0 Å². The molecule has 0 spiro atoms. The largest absolute Gasteiger partial charge is 0.355 e. The van der Waals surface area contributed by atoms with E-state index in [1.54, 1.807) is 0 Å². The van der Waals surface area contributed by atoms with Crippen LogP contribution in [0.15, 0.2) is 36.4 Å². The summed E-state index contributed by atoms with van der Waals surface area (Å²) in [5.74, 6) is 0. The van der Waals surface area contributed by atoms with E-state index in [0.717, 1.165) is 44.8 Å². The number of halogens is 2. The summed E-state index contributed by atoms with van der Waals surface area (Å²) in [6.07, 6.45) is 8.15. The fourth-order valence-corrected chi connectivity index (χ4v) is 4.18. The highest BCUT2D eigenvalue weighted by atomic mass is 127. The van der Waals surface area contributed by atoms with E-state index in [-0.39, 0.29) is 0 Å². The van der Waals surface area contributed by atoms with Gasteiger partial charge < -0.3 is 9.97 Å². The molecule has 5 rings (SSSR count). The first-order chi connectivity index (χ1) is 12.6. The van der Waals surface area contributed by atoms with Gasteiger partial charge in [0.2, 0.25) is 0 Å². The van der Waals surface area contributed by atoms with Crippen LogP contribution < -0.4 is 0 Å². The van der Waals surface area contributed by atoms with Gasteiger partial charge in [-0.3, -0.25) is 0 Å². The van der Waals surface area contributed by atoms with Gasteiger partial charge in [-0.2, -0.15) is 0 Å². The van der Waals surface area contributed by atoms with Crippen LogP contribution in [-0.4, -0.2) is 19.9 Å². The second-order valence-corrected chi connectivity index (χ2v) is 8.27. The van der Waals surface area contributed by atoms with Crippen LogP contribution in [0, 0.1) is 7.14 Å². The van der Waals surface area contributed by atoms with Crippen LogP contribution in [-0.2, 0) is 0 Å². The first-order valence-corrected chi connectivity index (χ1v) is 10.2. The minimum absolute atomic E-state index is 0.938. The summed E-state index contributed by atoms with van der Waals surface area (Å²) in [5, 5.41) is 0. The maximum atomic E-state index is 4.70. The molecular formula is C20H12I2N4. The van der Waals surface area contributed by atoms with Crippen molar-refractivity contribution in [1.29, 1.82) is 0 Å². The Kier molecular flexibility index (Phi) is 3.96. The third-order valence-corrected chi connectivity index (χ3v) is 7.50. The minimum Gasteiger partial charge on any atom is -0.355 e. The van der Waals surface area contributed by atoms with Crippen LogP contribution in [0.3, 0.4) is 0 Å². The molecule has 126 valence electrons. The van der Waals surface area contributed by atoms with E-state index in [1.165, 1.54) is 7.14 Å². The number of hydrogen-bond acceptors (Lipinski definition) is 2. The van der Waals surface area contributed by atoms with Gasteiger partial charge in [-0.05, 0) is 106 Å². The lowest BCUT2D eigenvalue weighted by Gasteiger charge is -1.86. The lowest BCUT2D eigenvalue weighted by atomic mass is 10.3. The first kappa shape index (κ1) is 16.2. The molecule has 4 nitrogen and oxygen atoms in total. The summed E-state index contributed by atoms with van der Waals surface area (Å²) in [6, 6.07) is 12.4. The van der Waals surface area contributed by atoms with E-state index < -0.39 is 0 Å². The van der Waals surface area contributed by atoms with Gasteiger partial charge in [-0.15, -0.1) is 0 Å². The topological polar surface area (TPSA) is 57.4 Å². The highest BCUT2D eigenvalue weighted by molar-refractivity contribution is 14.1. The molecule has 0 atom stereocenters. The predicted molar refractivity (Wildman–Crippen MR) is 124 cm³/mol. The Bertz CT molecular complexity index is 1170. The summed E-state index contributed by atoms with van der Waals surface area (Å²) in [5.41, 5.74) is 7.95. The SMILES string of the molecule is Ic1c(I)c2cc3nc(cc4ccc(cc5nc(cc1[nH]2)C=C5)[nH]4)C=C3. The van der Waals surface area contributed by atoms with Crippen molar-refractivity contribution >= 4 is 91.6 Å². The van der Waals surface area contributed by atoms with E-state index >= 15 is 0 Å². The number of aromatic nitrogens is 4. The number of aromatic amines is 2. The zero-order valence-corrected chi connectivity index (χ0v) is 17.7. The minimum atomic E-state index is 0.938. The van der Waals surface area contributed by atoms with Crippen LogP contribution in [0.5, 0.6) is 0 Å². The van der Waals surface area contributed by atoms with Crippen LogP contribution >= 0.6 is 45.2 Å². The second-order valence-electron chi connectivity index (χ2n) is 6.12. The lowest BCUT2D eigenvalue weighted by molar-refractivity contribution is 1.31. The molecular weight excluding hydrogens is 550 g/mol. The molecule has 2 aliphatic rings. The fourth-order valence-electron chi connectivity index (χ4n) is 3.01. The molecule has 0 fully saturated rings. The lowest BCUT2D eigenvalue weighted by Crippen LogP contribution is -1.75. The van der Waals surface area contributed by atoms with Crippen molar-refractivity contribution in [2.75, 3.05) is 0 Å². The van der Waals surface area contributed by atoms with Crippen LogP contribution in [0.25, 0.3) is 46.4 Å². The Morgan fingerprint density at radius 2 is 1.00 bits per heavy atom. The molecule has 0 radical (unpaired) electrons. The first-order valence-electron chi connectivity index (χ1n) is 8.06. The molecule has 0 aliphatic carbocycles. The Morgan fingerprint density at radius 1 is 0.577 bits per heavy atom. The van der Waals surface area contributed by atoms with Gasteiger partial charge in [-0.25, -0.2) is 9.97 Å². The molecule has 5 heterocycles. The quantitative estimate of drug-likeness (QED) is 0.233. The average molecular weight is 562 g/mol. The van der Waals surface area contributed by atoms with Gasteiger partial charge in [0, 0.05) is 11.0 Å². The summed E-state index contributed by atoms with van der Waals surface area (Å²) in [7, 11) is 0. The number of rotatable bonds is 0. The molecule has 0 saturated heterocycles. The van der Waals surface area contributed by atoms with Crippen LogP contribution in [0.4, 0.5) is 0 Å². The second kappa shape index (κ2) is 6.34. The molecule has 0 saturated carbocycles. The van der Waals surface area contributed by atoms with Crippen molar-refractivity contribution in [3.05, 3.63) is 66.3 Å². The van der Waals surface area contributed by atoms with Crippen LogP contribution in [0.2, 0.25) is 0 Å². The summed E-state index contributed by atoms with van der Waals surface area (Å²) in [6.45, 7) is 0. The average Bonchev–Trinajstić information content (AvgIpc) is 3.38. The monoisotopic (exact) mass is 562 g/mol. The smallest absolute Gasteiger partial charge is 0.0658 e. The number of hydrogen-bond donors (Lipinski definition) is 2. The van der Waals surface area contributed by atoms with Crippen molar-refractivity contribution in [1.82, 2.24) is 19.9 Å².